The Bertz CT molecular complexity index is 1620. The van der Waals surface area contributed by atoms with E-state index in [2.05, 4.69) is 20.8 Å². The van der Waals surface area contributed by atoms with Gasteiger partial charge in [0.25, 0.3) is 11.8 Å². The molecular weight excluding hydrogens is 457 g/mol. The van der Waals surface area contributed by atoms with Crippen LogP contribution in [0.2, 0.25) is 0 Å². The Hall–Kier alpha value is -4.46. The molecule has 0 unspecified atom stereocenters. The molecule has 182 valence electrons. The molecule has 0 aliphatic rings. The number of carbonyl (C=O) groups is 2. The summed E-state index contributed by atoms with van der Waals surface area (Å²) < 4.78 is 15.6. The number of halogens is 1. The van der Waals surface area contributed by atoms with Crippen molar-refractivity contribution in [3.63, 3.8) is 0 Å². The molecule has 2 amide bonds. The van der Waals surface area contributed by atoms with E-state index in [1.54, 1.807) is 18.3 Å². The molecule has 0 saturated carbocycles. The second-order valence-corrected chi connectivity index (χ2v) is 8.83. The number of benzene rings is 3. The van der Waals surface area contributed by atoms with Gasteiger partial charge in [0.1, 0.15) is 5.82 Å². The minimum atomic E-state index is -0.353. The molecule has 7 nitrogen and oxygen atoms in total. The molecule has 0 aliphatic carbocycles. The van der Waals surface area contributed by atoms with Crippen LogP contribution >= 0.6 is 0 Å². The Balaban J connectivity index is 1.48. The monoisotopic (exact) mass is 483 g/mol. The number of nitrogens with one attached hydrogen (secondary N) is 3. The van der Waals surface area contributed by atoms with Crippen molar-refractivity contribution in [2.75, 3.05) is 6.54 Å². The molecule has 5 aromatic rings. The zero-order valence-electron chi connectivity index (χ0n) is 20.2. The number of fused-ring (bicyclic) bond motifs is 2. The number of carbonyl (C=O) groups excluding carboxylic acids is 2. The number of amides is 2. The normalized spacial score (nSPS) is 12.1. The van der Waals surface area contributed by atoms with E-state index in [-0.39, 0.29) is 23.7 Å². The van der Waals surface area contributed by atoms with Gasteiger partial charge in [0, 0.05) is 36.1 Å². The number of aromatic nitrogens is 3. The van der Waals surface area contributed by atoms with E-state index < -0.39 is 0 Å². The van der Waals surface area contributed by atoms with Gasteiger partial charge in [-0.3, -0.25) is 14.7 Å². The van der Waals surface area contributed by atoms with Gasteiger partial charge < -0.3 is 15.2 Å². The number of H-pyrrole nitrogens is 1. The molecule has 0 radical (unpaired) electrons. The first-order valence-electron chi connectivity index (χ1n) is 11.8. The summed E-state index contributed by atoms with van der Waals surface area (Å²) in [6.07, 6.45) is 1.80. The van der Waals surface area contributed by atoms with Crippen molar-refractivity contribution in [1.82, 2.24) is 25.4 Å². The van der Waals surface area contributed by atoms with Crippen LogP contribution in [0.5, 0.6) is 0 Å². The number of nitrogens with zero attached hydrogens (tertiary/aromatic N) is 2. The molecular formula is C28H26FN5O2. The Morgan fingerprint density at radius 1 is 1.03 bits per heavy atom. The van der Waals surface area contributed by atoms with E-state index in [1.807, 2.05) is 61.9 Å². The highest BCUT2D eigenvalue weighted by Gasteiger charge is 2.18. The van der Waals surface area contributed by atoms with Gasteiger partial charge in [0.2, 0.25) is 0 Å². The van der Waals surface area contributed by atoms with Crippen LogP contribution in [0.15, 0.2) is 66.9 Å². The Labute approximate surface area is 207 Å². The van der Waals surface area contributed by atoms with Crippen LogP contribution in [-0.4, -0.2) is 33.1 Å². The van der Waals surface area contributed by atoms with Gasteiger partial charge in [0.15, 0.2) is 5.69 Å². The van der Waals surface area contributed by atoms with Crippen LogP contribution in [0, 0.1) is 5.82 Å². The third kappa shape index (κ3) is 4.22. The van der Waals surface area contributed by atoms with E-state index in [0.717, 1.165) is 32.9 Å². The zero-order valence-corrected chi connectivity index (χ0v) is 20.2. The van der Waals surface area contributed by atoms with E-state index in [0.29, 0.717) is 23.4 Å². The zero-order chi connectivity index (χ0) is 25.4. The summed E-state index contributed by atoms with van der Waals surface area (Å²) in [4.78, 5) is 25.5. The fourth-order valence-electron chi connectivity index (χ4n) is 4.50. The quantitative estimate of drug-likeness (QED) is 0.314. The Morgan fingerprint density at radius 3 is 2.58 bits per heavy atom. The minimum absolute atomic E-state index is 0.217. The van der Waals surface area contributed by atoms with E-state index >= 15 is 0 Å². The van der Waals surface area contributed by atoms with Crippen LogP contribution in [0.25, 0.3) is 32.9 Å². The van der Waals surface area contributed by atoms with Crippen molar-refractivity contribution in [2.45, 2.75) is 19.9 Å². The maximum absolute atomic E-state index is 13.6. The standard InChI is InChI=1S/C28H26FN5O2/c1-4-30-28(36)26-21-10-8-19(14-24(21)32-33-26)18-9-11-25-22(13-18)23(15-34(25)3)27(35)31-16(2)17-6-5-7-20(29)12-17/h5-16H,4H2,1-3H3,(H,30,36)(H,31,35)(H,32,33)/t16-/m0/s1. The van der Waals surface area contributed by atoms with Crippen molar-refractivity contribution < 1.29 is 14.0 Å². The molecule has 0 bridgehead atoms. The summed E-state index contributed by atoms with van der Waals surface area (Å²) in [5.74, 6) is -0.786. The molecule has 3 aromatic carbocycles. The van der Waals surface area contributed by atoms with Crippen LogP contribution in [0.4, 0.5) is 4.39 Å². The first-order valence-corrected chi connectivity index (χ1v) is 11.8. The topological polar surface area (TPSA) is 91.8 Å². The molecule has 8 heteroatoms. The summed E-state index contributed by atoms with van der Waals surface area (Å²) in [5, 5.41) is 14.4. The van der Waals surface area contributed by atoms with Crippen molar-refractivity contribution in [2.24, 2.45) is 7.05 Å². The number of aryl methyl sites for hydroxylation is 1. The Morgan fingerprint density at radius 2 is 1.81 bits per heavy atom. The van der Waals surface area contributed by atoms with Crippen LogP contribution in [-0.2, 0) is 7.05 Å². The van der Waals surface area contributed by atoms with Gasteiger partial charge in [-0.05, 0) is 66.9 Å². The van der Waals surface area contributed by atoms with Gasteiger partial charge in [0.05, 0.1) is 17.1 Å². The molecule has 36 heavy (non-hydrogen) atoms. The molecule has 2 aromatic heterocycles. The molecule has 1 atom stereocenters. The smallest absolute Gasteiger partial charge is 0.272 e. The maximum atomic E-state index is 13.6. The SMILES string of the molecule is CCNC(=O)c1n[nH]c2cc(-c3ccc4c(c3)c(C(=O)N[C@@H](C)c3cccc(F)c3)cn4C)ccc12. The molecule has 5 rings (SSSR count). The van der Waals surface area contributed by atoms with Crippen molar-refractivity contribution in [1.29, 1.82) is 0 Å². The van der Waals surface area contributed by atoms with Gasteiger partial charge in [-0.25, -0.2) is 4.39 Å². The van der Waals surface area contributed by atoms with Crippen LogP contribution in [0.3, 0.4) is 0 Å². The van der Waals surface area contributed by atoms with Crippen molar-refractivity contribution in [3.8, 4) is 11.1 Å². The van der Waals surface area contributed by atoms with Crippen molar-refractivity contribution >= 4 is 33.6 Å². The van der Waals surface area contributed by atoms with Gasteiger partial charge >= 0.3 is 0 Å². The number of hydrogen-bond acceptors (Lipinski definition) is 3. The highest BCUT2D eigenvalue weighted by atomic mass is 19.1. The van der Waals surface area contributed by atoms with Gasteiger partial charge in [-0.2, -0.15) is 5.10 Å². The fourth-order valence-corrected chi connectivity index (χ4v) is 4.50. The van der Waals surface area contributed by atoms with E-state index in [1.165, 1.54) is 12.1 Å². The molecule has 0 spiro atoms. The predicted octanol–water partition coefficient (Wildman–Crippen LogP) is 5.10. The number of aromatic amines is 1. The lowest BCUT2D eigenvalue weighted by atomic mass is 10.0. The third-order valence-electron chi connectivity index (χ3n) is 6.38. The van der Waals surface area contributed by atoms with Crippen LogP contribution < -0.4 is 10.6 Å². The molecule has 2 heterocycles. The lowest BCUT2D eigenvalue weighted by molar-refractivity contribution is 0.0937. The molecule has 0 aliphatic heterocycles. The molecule has 0 fully saturated rings. The number of rotatable bonds is 6. The predicted molar refractivity (Wildman–Crippen MR) is 138 cm³/mol. The van der Waals surface area contributed by atoms with E-state index in [4.69, 9.17) is 0 Å². The average molecular weight is 484 g/mol. The lowest BCUT2D eigenvalue weighted by Gasteiger charge is -2.14. The minimum Gasteiger partial charge on any atom is -0.351 e. The lowest BCUT2D eigenvalue weighted by Crippen LogP contribution is -2.26. The maximum Gasteiger partial charge on any atom is 0.272 e. The second-order valence-electron chi connectivity index (χ2n) is 8.83. The largest absolute Gasteiger partial charge is 0.351 e. The summed E-state index contributed by atoms with van der Waals surface area (Å²) in [5.41, 5.74) is 5.13. The summed E-state index contributed by atoms with van der Waals surface area (Å²) in [6, 6.07) is 17.6. The highest BCUT2D eigenvalue weighted by molar-refractivity contribution is 6.08. The average Bonchev–Trinajstić information content (AvgIpc) is 3.44. The first-order chi connectivity index (χ1) is 17.4. The van der Waals surface area contributed by atoms with Gasteiger partial charge in [-0.15, -0.1) is 0 Å². The fraction of sp³-hybridized carbons (Fsp3) is 0.179. The number of hydrogen-bond donors (Lipinski definition) is 3. The highest BCUT2D eigenvalue weighted by Crippen LogP contribution is 2.30. The second kappa shape index (κ2) is 9.30. The van der Waals surface area contributed by atoms with Crippen molar-refractivity contribution in [3.05, 3.63) is 89.5 Å². The summed E-state index contributed by atoms with van der Waals surface area (Å²) in [7, 11) is 1.90. The third-order valence-corrected chi connectivity index (χ3v) is 6.38. The van der Waals surface area contributed by atoms with Gasteiger partial charge in [-0.1, -0.05) is 24.3 Å². The first kappa shape index (κ1) is 23.3. The molecule has 0 saturated heterocycles. The van der Waals surface area contributed by atoms with E-state index in [9.17, 15) is 14.0 Å². The summed E-state index contributed by atoms with van der Waals surface area (Å²) in [6.45, 7) is 4.22. The summed E-state index contributed by atoms with van der Waals surface area (Å²) >= 11 is 0. The molecule has 3 N–H and O–H groups in total. The van der Waals surface area contributed by atoms with Crippen LogP contribution in [0.1, 0.15) is 46.3 Å². The Kier molecular flexibility index (Phi) is 6.01.